The van der Waals surface area contributed by atoms with Gasteiger partial charge >= 0.3 is 0 Å². The van der Waals surface area contributed by atoms with Gasteiger partial charge in [-0.25, -0.2) is 4.98 Å². The zero-order chi connectivity index (χ0) is 32.7. The number of ketones is 2. The monoisotopic (exact) mass is 672 g/mol. The van der Waals surface area contributed by atoms with Crippen molar-refractivity contribution in [3.05, 3.63) is 76.3 Å². The average molecular weight is 673 g/mol. The van der Waals surface area contributed by atoms with E-state index < -0.39 is 0 Å². The number of methoxy groups -OCH3 is 1. The molecule has 47 heavy (non-hydrogen) atoms. The van der Waals surface area contributed by atoms with Gasteiger partial charge in [-0.15, -0.1) is 0 Å². The van der Waals surface area contributed by atoms with E-state index in [1.54, 1.807) is 12.1 Å². The highest BCUT2D eigenvalue weighted by Crippen LogP contribution is 2.60. The molecule has 2 aromatic rings. The molecule has 3 aliphatic heterocycles. The Balaban J connectivity index is 1.38. The molecule has 4 bridgehead atoms. The minimum atomic E-state index is -0.162. The molecule has 2 aliphatic carbocycles. The first-order valence-corrected chi connectivity index (χ1v) is 19.3. The number of benzene rings is 1. The molecule has 0 radical (unpaired) electrons. The summed E-state index contributed by atoms with van der Waals surface area (Å²) in [5, 5.41) is 14.5. The molecule has 8 nitrogen and oxygen atoms in total. The van der Waals surface area contributed by atoms with Gasteiger partial charge in [0.2, 0.25) is 0 Å². The summed E-state index contributed by atoms with van der Waals surface area (Å²) in [6.45, 7) is 2.96. The zero-order valence-electron chi connectivity index (χ0n) is 27.2. The third-order valence-corrected chi connectivity index (χ3v) is 14.0. The predicted molar refractivity (Wildman–Crippen MR) is 190 cm³/mol. The molecular formula is C37H44N4O4S2. The Bertz CT molecular complexity index is 1670. The van der Waals surface area contributed by atoms with Gasteiger partial charge in [0.1, 0.15) is 11.6 Å². The van der Waals surface area contributed by atoms with E-state index in [4.69, 9.17) is 15.5 Å². The van der Waals surface area contributed by atoms with Gasteiger partial charge in [-0.3, -0.25) is 9.59 Å². The van der Waals surface area contributed by atoms with Gasteiger partial charge in [0.05, 0.1) is 36.7 Å². The third-order valence-electron chi connectivity index (χ3n) is 11.0. The van der Waals surface area contributed by atoms with Gasteiger partial charge in [0.15, 0.2) is 17.3 Å². The summed E-state index contributed by atoms with van der Waals surface area (Å²) >= 11 is 0. The smallest absolute Gasteiger partial charge is 0.166 e. The largest absolute Gasteiger partial charge is 0.504 e. The molecule has 4 heterocycles. The summed E-state index contributed by atoms with van der Waals surface area (Å²) in [4.78, 5) is 34.2. The number of allylic oxidation sites excluding steroid dienone is 2. The summed E-state index contributed by atoms with van der Waals surface area (Å²) in [6, 6.07) is 5.82. The molecule has 10 heteroatoms. The summed E-state index contributed by atoms with van der Waals surface area (Å²) in [6.07, 6.45) is 17.2. The van der Waals surface area contributed by atoms with Crippen molar-refractivity contribution in [3.63, 3.8) is 0 Å². The molecule has 0 amide bonds. The van der Waals surface area contributed by atoms with Crippen molar-refractivity contribution >= 4 is 45.0 Å². The molecule has 1 fully saturated rings. The summed E-state index contributed by atoms with van der Waals surface area (Å²) in [5.74, 6) is 2.38. The van der Waals surface area contributed by atoms with Crippen LogP contribution in [0.2, 0.25) is 0 Å². The number of carbonyl (C=O) groups is 2. The highest BCUT2D eigenvalue weighted by Gasteiger charge is 2.55. The number of hydrogen-bond donors (Lipinski definition) is 3. The first-order chi connectivity index (χ1) is 22.8. The highest BCUT2D eigenvalue weighted by atomic mass is 33.1. The van der Waals surface area contributed by atoms with E-state index in [1.807, 2.05) is 33.9 Å². The molecule has 0 spiro atoms. The Labute approximate surface area is 285 Å². The second-order valence-corrected chi connectivity index (χ2v) is 16.1. The van der Waals surface area contributed by atoms with Gasteiger partial charge in [-0.2, -0.15) is 0 Å². The summed E-state index contributed by atoms with van der Waals surface area (Å²) in [7, 11) is 5.33. The van der Waals surface area contributed by atoms with E-state index in [-0.39, 0.29) is 40.4 Å². The number of nitrogens with one attached hydrogen (secondary N) is 1. The maximum absolute atomic E-state index is 13.6. The standard InChI is InChI=1S/C37H44N4O4S2/c1-3-22-6-10-28(42)16-32(43)23-7-11-29(30-17-33(44)34(45-2)15-24(30)13-23)25-14-31(36(38)40-18-25)35(47-46-20-22)37-12-4-5-26(37)8-9-27-19-39-21-41(27)37/h8-9,13-15,17-19,22,26,29,35,39,44H,3-7,10-12,16,20-21H2,1-2H3,(H2,38,40)/t22-,26+,29+,35-,37+/m0/s1. The predicted octanol–water partition coefficient (Wildman–Crippen LogP) is 7.27. The molecule has 5 atom stereocenters. The Morgan fingerprint density at radius 3 is 2.87 bits per heavy atom. The van der Waals surface area contributed by atoms with Gasteiger partial charge in [-0.05, 0) is 90.6 Å². The number of nitrogens with two attached hydrogens (primary N) is 1. The molecule has 0 unspecified atom stereocenters. The van der Waals surface area contributed by atoms with Crippen LogP contribution in [0.25, 0.3) is 6.08 Å². The van der Waals surface area contributed by atoms with Crippen LogP contribution in [0.3, 0.4) is 0 Å². The lowest BCUT2D eigenvalue weighted by molar-refractivity contribution is -0.125. The number of fused-ring (bicyclic) bond motifs is 11. The summed E-state index contributed by atoms with van der Waals surface area (Å²) in [5.41, 5.74) is 12.4. The number of carbonyl (C=O) groups excluding carboxylic acids is 2. The number of phenols is 1. The fourth-order valence-corrected chi connectivity index (χ4v) is 12.1. The van der Waals surface area contributed by atoms with Crippen molar-refractivity contribution in [2.24, 2.45) is 11.8 Å². The molecular weight excluding hydrogens is 629 g/mol. The molecule has 4 N–H and O–H groups in total. The van der Waals surface area contributed by atoms with Crippen molar-refractivity contribution in [2.75, 3.05) is 25.3 Å². The SMILES string of the molecule is CC[C@H]1CCC(=O)CC(=O)C2=Cc3cc(OC)c(O)cc3[C@H](CC2)c2cnc(N)c(c2)[C@@H]([C@@]23CCC[C@@H]2C=CC2=CNCN23)SSC1. The van der Waals surface area contributed by atoms with Crippen LogP contribution in [-0.2, 0) is 9.59 Å². The number of anilines is 1. The number of Topliss-reactive ketones (excluding diaryl/α,β-unsaturated/α-hetero) is 2. The number of hydrogen-bond acceptors (Lipinski definition) is 10. The van der Waals surface area contributed by atoms with Gasteiger partial charge in [0, 0.05) is 42.0 Å². The number of rotatable bonds is 3. The molecule has 1 saturated carbocycles. The molecule has 248 valence electrons. The highest BCUT2D eigenvalue weighted by molar-refractivity contribution is 8.76. The second-order valence-electron chi connectivity index (χ2n) is 13.6. The molecule has 7 rings (SSSR count). The van der Waals surface area contributed by atoms with E-state index in [2.05, 4.69) is 41.6 Å². The van der Waals surface area contributed by atoms with Crippen molar-refractivity contribution in [1.29, 1.82) is 0 Å². The van der Waals surface area contributed by atoms with Crippen LogP contribution < -0.4 is 15.8 Å². The average Bonchev–Trinajstić information content (AvgIpc) is 3.69. The van der Waals surface area contributed by atoms with E-state index in [1.165, 1.54) is 12.8 Å². The minimum absolute atomic E-state index is 0.00431. The normalized spacial score (nSPS) is 29.2. The van der Waals surface area contributed by atoms with E-state index in [0.29, 0.717) is 48.2 Å². The minimum Gasteiger partial charge on any atom is -0.504 e. The quantitative estimate of drug-likeness (QED) is 0.227. The Morgan fingerprint density at radius 2 is 2.04 bits per heavy atom. The lowest BCUT2D eigenvalue weighted by Gasteiger charge is -2.51. The van der Waals surface area contributed by atoms with Gasteiger partial charge in [-0.1, -0.05) is 47.4 Å². The van der Waals surface area contributed by atoms with Gasteiger partial charge < -0.3 is 25.8 Å². The number of pyridine rings is 1. The van der Waals surface area contributed by atoms with Crippen LogP contribution in [0.15, 0.2) is 54.0 Å². The van der Waals surface area contributed by atoms with Crippen molar-refractivity contribution < 1.29 is 19.4 Å². The van der Waals surface area contributed by atoms with Crippen molar-refractivity contribution in [1.82, 2.24) is 15.2 Å². The number of aromatic nitrogens is 1. The lowest BCUT2D eigenvalue weighted by Crippen LogP contribution is -2.55. The Kier molecular flexibility index (Phi) is 9.09. The number of ether oxygens (including phenoxy) is 1. The number of aromatic hydroxyl groups is 1. The van der Waals surface area contributed by atoms with Crippen LogP contribution in [-0.4, -0.2) is 51.6 Å². The van der Waals surface area contributed by atoms with Crippen LogP contribution >= 0.6 is 21.6 Å². The fraction of sp³-hybridized carbons (Fsp3) is 0.486. The van der Waals surface area contributed by atoms with E-state index >= 15 is 0 Å². The first kappa shape index (κ1) is 32.2. The Hall–Kier alpha value is -3.37. The van der Waals surface area contributed by atoms with Gasteiger partial charge in [0.25, 0.3) is 0 Å². The second kappa shape index (κ2) is 13.3. The lowest BCUT2D eigenvalue weighted by atomic mass is 9.76. The van der Waals surface area contributed by atoms with Crippen LogP contribution in [0, 0.1) is 11.8 Å². The van der Waals surface area contributed by atoms with Crippen molar-refractivity contribution in [2.45, 2.75) is 81.4 Å². The maximum Gasteiger partial charge on any atom is 0.166 e. The fourth-order valence-electron chi connectivity index (χ4n) is 8.40. The number of nitrogen functional groups attached to an aromatic ring is 1. The third kappa shape index (κ3) is 5.86. The van der Waals surface area contributed by atoms with Crippen molar-refractivity contribution in [3.8, 4) is 11.5 Å². The molecule has 1 aromatic carbocycles. The Morgan fingerprint density at radius 1 is 1.17 bits per heavy atom. The van der Waals surface area contributed by atoms with Crippen LogP contribution in [0.4, 0.5) is 5.82 Å². The van der Waals surface area contributed by atoms with E-state index in [0.717, 1.165) is 66.8 Å². The topological polar surface area (TPSA) is 118 Å². The number of nitrogens with zero attached hydrogens (tertiary/aromatic N) is 2. The molecule has 1 aromatic heterocycles. The summed E-state index contributed by atoms with van der Waals surface area (Å²) < 4.78 is 5.47. The number of phenolic OH excluding ortho intramolecular Hbond substituents is 1. The molecule has 5 aliphatic rings. The zero-order valence-corrected chi connectivity index (χ0v) is 28.8. The first-order valence-electron chi connectivity index (χ1n) is 16.9. The van der Waals surface area contributed by atoms with Crippen LogP contribution in [0.5, 0.6) is 11.5 Å². The molecule has 0 saturated heterocycles. The van der Waals surface area contributed by atoms with E-state index in [9.17, 15) is 14.7 Å². The van der Waals surface area contributed by atoms with Crippen LogP contribution in [0.1, 0.15) is 98.1 Å². The maximum atomic E-state index is 13.6.